The van der Waals surface area contributed by atoms with E-state index in [1.54, 1.807) is 42.2 Å². The van der Waals surface area contributed by atoms with Crippen LogP contribution in [0.25, 0.3) is 11.0 Å². The third kappa shape index (κ3) is 4.11. The molecule has 6 nitrogen and oxygen atoms in total. The molecule has 0 spiro atoms. The molecule has 0 atom stereocenters. The summed E-state index contributed by atoms with van der Waals surface area (Å²) in [6, 6.07) is 5.42. The molecular formula is C19H21N3O3S2. The zero-order valence-corrected chi connectivity index (χ0v) is 16.7. The number of benzene rings is 1. The van der Waals surface area contributed by atoms with Crippen LogP contribution in [-0.4, -0.2) is 21.3 Å². The molecule has 142 valence electrons. The summed E-state index contributed by atoms with van der Waals surface area (Å²) in [6.45, 7) is 1.74. The summed E-state index contributed by atoms with van der Waals surface area (Å²) in [7, 11) is 0. The summed E-state index contributed by atoms with van der Waals surface area (Å²) in [5, 5.41) is 23.6. The predicted octanol–water partition coefficient (Wildman–Crippen LogP) is 4.70. The van der Waals surface area contributed by atoms with Crippen LogP contribution in [0.4, 0.5) is 5.13 Å². The van der Waals surface area contributed by atoms with Crippen molar-refractivity contribution in [2.75, 3.05) is 5.32 Å². The number of hydrogen-bond donors (Lipinski definition) is 2. The van der Waals surface area contributed by atoms with Gasteiger partial charge in [-0.3, -0.25) is 0 Å². The lowest BCUT2D eigenvalue weighted by Crippen LogP contribution is -2.21. The fourth-order valence-corrected chi connectivity index (χ4v) is 5.24. The van der Waals surface area contributed by atoms with Gasteiger partial charge < -0.3 is 14.8 Å². The van der Waals surface area contributed by atoms with Crippen LogP contribution in [0, 0.1) is 6.92 Å². The summed E-state index contributed by atoms with van der Waals surface area (Å²) in [6.07, 6.45) is 6.26. The molecule has 0 aliphatic heterocycles. The van der Waals surface area contributed by atoms with E-state index >= 15 is 0 Å². The molecule has 2 heterocycles. The van der Waals surface area contributed by atoms with Crippen molar-refractivity contribution in [3.8, 4) is 5.75 Å². The normalized spacial score (nSPS) is 15.3. The highest BCUT2D eigenvalue weighted by Crippen LogP contribution is 2.33. The van der Waals surface area contributed by atoms with Gasteiger partial charge in [-0.1, -0.05) is 42.4 Å². The van der Waals surface area contributed by atoms with Crippen LogP contribution in [0.3, 0.4) is 0 Å². The largest absolute Gasteiger partial charge is 0.508 e. The summed E-state index contributed by atoms with van der Waals surface area (Å²) in [5.41, 5.74) is 1.47. The second-order valence-corrected chi connectivity index (χ2v) is 9.02. The molecule has 0 amide bonds. The van der Waals surface area contributed by atoms with Gasteiger partial charge in [0, 0.05) is 28.8 Å². The standard InChI is InChI=1S/C19H21N3O3S2/c1-11-15(23)8-7-14-12(9-16(24)25-17(11)14)10-26-19-22-21-18(27-19)20-13-5-3-2-4-6-13/h7-9,13,23H,2-6,10H2,1H3,(H,20,21). The number of nitrogens with one attached hydrogen (secondary N) is 1. The molecule has 1 aliphatic carbocycles. The smallest absolute Gasteiger partial charge is 0.336 e. The van der Waals surface area contributed by atoms with Gasteiger partial charge in [0.15, 0.2) is 4.34 Å². The van der Waals surface area contributed by atoms with Crippen molar-refractivity contribution in [3.63, 3.8) is 0 Å². The SMILES string of the molecule is Cc1c(O)ccc2c(CSc3nnc(NC4CCCCC4)s3)cc(=O)oc12. The molecule has 4 rings (SSSR count). The number of fused-ring (bicyclic) bond motifs is 1. The molecular weight excluding hydrogens is 382 g/mol. The van der Waals surface area contributed by atoms with E-state index in [1.165, 1.54) is 38.2 Å². The summed E-state index contributed by atoms with van der Waals surface area (Å²) in [5.74, 6) is 0.711. The predicted molar refractivity (Wildman–Crippen MR) is 109 cm³/mol. The number of aromatic nitrogens is 2. The molecule has 1 aromatic carbocycles. The minimum atomic E-state index is -0.413. The summed E-state index contributed by atoms with van der Waals surface area (Å²) >= 11 is 3.10. The van der Waals surface area contributed by atoms with Crippen molar-refractivity contribution < 1.29 is 9.52 Å². The van der Waals surface area contributed by atoms with Crippen LogP contribution >= 0.6 is 23.1 Å². The molecule has 27 heavy (non-hydrogen) atoms. The maximum Gasteiger partial charge on any atom is 0.336 e. The Kier molecular flexibility index (Phi) is 5.36. The lowest BCUT2D eigenvalue weighted by atomic mass is 9.96. The van der Waals surface area contributed by atoms with Crippen molar-refractivity contribution in [2.24, 2.45) is 0 Å². The molecule has 1 aliphatic rings. The highest BCUT2D eigenvalue weighted by Gasteiger charge is 2.16. The van der Waals surface area contributed by atoms with E-state index in [2.05, 4.69) is 15.5 Å². The molecule has 8 heteroatoms. The molecule has 0 bridgehead atoms. The number of anilines is 1. The number of aromatic hydroxyl groups is 1. The zero-order valence-electron chi connectivity index (χ0n) is 15.0. The topological polar surface area (TPSA) is 88.3 Å². The lowest BCUT2D eigenvalue weighted by Gasteiger charge is -2.21. The third-order valence-electron chi connectivity index (χ3n) is 4.91. The average Bonchev–Trinajstić information content (AvgIpc) is 3.11. The van der Waals surface area contributed by atoms with E-state index in [0.717, 1.165) is 20.4 Å². The van der Waals surface area contributed by atoms with Gasteiger partial charge in [0.2, 0.25) is 5.13 Å². The van der Waals surface area contributed by atoms with Crippen LogP contribution in [0.5, 0.6) is 5.75 Å². The maximum atomic E-state index is 11.9. The number of nitrogens with zero attached hydrogens (tertiary/aromatic N) is 2. The van der Waals surface area contributed by atoms with E-state index in [0.29, 0.717) is 22.9 Å². The zero-order chi connectivity index (χ0) is 18.8. The number of rotatable bonds is 5. The van der Waals surface area contributed by atoms with Crippen molar-refractivity contribution in [1.29, 1.82) is 0 Å². The number of aryl methyl sites for hydroxylation is 1. The molecule has 0 radical (unpaired) electrons. The second-order valence-electron chi connectivity index (χ2n) is 6.82. The highest BCUT2D eigenvalue weighted by atomic mass is 32.2. The monoisotopic (exact) mass is 403 g/mol. The van der Waals surface area contributed by atoms with Gasteiger partial charge in [0.1, 0.15) is 11.3 Å². The van der Waals surface area contributed by atoms with Crippen molar-refractivity contribution in [3.05, 3.63) is 39.7 Å². The molecule has 3 aromatic rings. The van der Waals surface area contributed by atoms with Crippen molar-refractivity contribution in [1.82, 2.24) is 10.2 Å². The van der Waals surface area contributed by atoms with Crippen molar-refractivity contribution >= 4 is 39.2 Å². The Morgan fingerprint density at radius 1 is 1.30 bits per heavy atom. The van der Waals surface area contributed by atoms with E-state index in [4.69, 9.17) is 4.42 Å². The van der Waals surface area contributed by atoms with Crippen LogP contribution in [-0.2, 0) is 5.75 Å². The quantitative estimate of drug-likeness (QED) is 0.472. The minimum absolute atomic E-state index is 0.123. The lowest BCUT2D eigenvalue weighted by molar-refractivity contribution is 0.462. The summed E-state index contributed by atoms with van der Waals surface area (Å²) < 4.78 is 6.16. The molecule has 2 aromatic heterocycles. The molecule has 0 saturated heterocycles. The summed E-state index contributed by atoms with van der Waals surface area (Å²) in [4.78, 5) is 11.9. The van der Waals surface area contributed by atoms with Crippen molar-refractivity contribution in [2.45, 2.75) is 55.2 Å². The highest BCUT2D eigenvalue weighted by molar-refractivity contribution is 8.00. The van der Waals surface area contributed by atoms with Gasteiger partial charge >= 0.3 is 5.63 Å². The second kappa shape index (κ2) is 7.90. The Balaban J connectivity index is 1.49. The number of phenolic OH excluding ortho intramolecular Hbond substituents is 1. The third-order valence-corrected chi connectivity index (χ3v) is 6.94. The number of thioether (sulfide) groups is 1. The maximum absolute atomic E-state index is 11.9. The molecule has 0 unspecified atom stereocenters. The first kappa shape index (κ1) is 18.3. The van der Waals surface area contributed by atoms with Gasteiger partial charge in [-0.2, -0.15) is 0 Å². The van der Waals surface area contributed by atoms with Gasteiger partial charge in [-0.25, -0.2) is 4.79 Å². The molecule has 1 fully saturated rings. The Bertz CT molecular complexity index is 1010. The van der Waals surface area contributed by atoms with E-state index in [9.17, 15) is 9.90 Å². The van der Waals surface area contributed by atoms with Gasteiger partial charge in [-0.15, -0.1) is 10.2 Å². The van der Waals surface area contributed by atoms with Crippen LogP contribution in [0.15, 0.2) is 31.8 Å². The molecule has 2 N–H and O–H groups in total. The Hall–Kier alpha value is -2.06. The van der Waals surface area contributed by atoms with E-state index in [1.807, 2.05) is 0 Å². The fourth-order valence-electron chi connectivity index (χ4n) is 3.42. The first-order valence-electron chi connectivity index (χ1n) is 9.08. The Morgan fingerprint density at radius 3 is 2.93 bits per heavy atom. The van der Waals surface area contributed by atoms with Gasteiger partial charge in [0.25, 0.3) is 0 Å². The average molecular weight is 404 g/mol. The van der Waals surface area contributed by atoms with Crippen LogP contribution in [0.1, 0.15) is 43.2 Å². The van der Waals surface area contributed by atoms with E-state index in [-0.39, 0.29) is 5.75 Å². The van der Waals surface area contributed by atoms with Gasteiger partial charge in [-0.05, 0) is 37.5 Å². The Labute approximate surface area is 165 Å². The fraction of sp³-hybridized carbons (Fsp3) is 0.421. The molecule has 1 saturated carbocycles. The first-order chi connectivity index (χ1) is 13.1. The van der Waals surface area contributed by atoms with Crippen LogP contribution < -0.4 is 10.9 Å². The minimum Gasteiger partial charge on any atom is -0.508 e. The number of phenols is 1. The van der Waals surface area contributed by atoms with E-state index < -0.39 is 5.63 Å². The van der Waals surface area contributed by atoms with Gasteiger partial charge in [0.05, 0.1) is 0 Å². The van der Waals surface area contributed by atoms with Crippen LogP contribution in [0.2, 0.25) is 0 Å². The number of hydrogen-bond acceptors (Lipinski definition) is 8. The first-order valence-corrected chi connectivity index (χ1v) is 10.9. The Morgan fingerprint density at radius 2 is 2.11 bits per heavy atom.